The normalized spacial score (nSPS) is 21.4. The quantitative estimate of drug-likeness (QED) is 0.677. The largest absolute Gasteiger partial charge is 0.302 e. The lowest BCUT2D eigenvalue weighted by Crippen LogP contribution is -2.54. The maximum absolute atomic E-state index is 14.3. The van der Waals surface area contributed by atoms with Crippen LogP contribution in [0.15, 0.2) is 42.5 Å². The summed E-state index contributed by atoms with van der Waals surface area (Å²) in [4.78, 5) is 15.1. The first-order chi connectivity index (χ1) is 12.0. The smallest absolute Gasteiger partial charge is 0.261 e. The number of halogens is 2. The lowest BCUT2D eigenvalue weighted by atomic mass is 9.76. The zero-order valence-corrected chi connectivity index (χ0v) is 14.3. The molecule has 4 rings (SSSR count). The van der Waals surface area contributed by atoms with Crippen LogP contribution in [0.4, 0.5) is 14.5 Å². The van der Waals surface area contributed by atoms with Gasteiger partial charge in [-0.05, 0) is 61.1 Å². The minimum Gasteiger partial charge on any atom is -0.302 e. The molecule has 1 unspecified atom stereocenters. The van der Waals surface area contributed by atoms with E-state index in [1.54, 1.807) is 23.1 Å². The van der Waals surface area contributed by atoms with Crippen LogP contribution in [0.1, 0.15) is 60.9 Å². The average Bonchev–Trinajstić information content (AvgIpc) is 3.04. The van der Waals surface area contributed by atoms with Gasteiger partial charge in [0.2, 0.25) is 0 Å². The van der Waals surface area contributed by atoms with Gasteiger partial charge in [-0.3, -0.25) is 4.79 Å². The monoisotopic (exact) mass is 341 g/mol. The zero-order valence-electron chi connectivity index (χ0n) is 14.3. The number of fused-ring (bicyclic) bond motifs is 1. The molecule has 1 heterocycles. The van der Waals surface area contributed by atoms with Crippen LogP contribution < -0.4 is 4.90 Å². The number of hydrogen-bond acceptors (Lipinski definition) is 1. The second kappa shape index (κ2) is 5.94. The molecule has 1 fully saturated rings. The van der Waals surface area contributed by atoms with Crippen molar-refractivity contribution in [2.75, 3.05) is 4.90 Å². The van der Waals surface area contributed by atoms with E-state index >= 15 is 0 Å². The van der Waals surface area contributed by atoms with Crippen molar-refractivity contribution >= 4 is 11.6 Å². The average molecular weight is 341 g/mol. The first-order valence-electron chi connectivity index (χ1n) is 8.90. The molecule has 130 valence electrons. The summed E-state index contributed by atoms with van der Waals surface area (Å²) >= 11 is 0. The van der Waals surface area contributed by atoms with Crippen molar-refractivity contribution in [2.24, 2.45) is 0 Å². The van der Waals surface area contributed by atoms with Gasteiger partial charge in [0.25, 0.3) is 5.91 Å². The summed E-state index contributed by atoms with van der Waals surface area (Å²) in [5, 5.41) is 0. The Bertz CT molecular complexity index is 826. The van der Waals surface area contributed by atoms with Crippen molar-refractivity contribution in [1.29, 1.82) is 0 Å². The Balaban J connectivity index is 1.89. The third kappa shape index (κ3) is 2.55. The highest BCUT2D eigenvalue weighted by Gasteiger charge is 2.48. The second-order valence-corrected chi connectivity index (χ2v) is 7.36. The highest BCUT2D eigenvalue weighted by atomic mass is 19.1. The van der Waals surface area contributed by atoms with Gasteiger partial charge in [0.05, 0.1) is 5.56 Å². The Kier molecular flexibility index (Phi) is 3.86. The molecule has 0 bridgehead atoms. The third-order valence-electron chi connectivity index (χ3n) is 5.76. The summed E-state index contributed by atoms with van der Waals surface area (Å²) in [5.74, 6) is -0.956. The van der Waals surface area contributed by atoms with E-state index < -0.39 is 5.82 Å². The number of carbonyl (C=O) groups is 1. The lowest BCUT2D eigenvalue weighted by Gasteiger charge is -2.48. The van der Waals surface area contributed by atoms with Crippen molar-refractivity contribution in [3.63, 3.8) is 0 Å². The molecule has 4 heteroatoms. The Morgan fingerprint density at radius 3 is 2.56 bits per heavy atom. The summed E-state index contributed by atoms with van der Waals surface area (Å²) < 4.78 is 28.1. The Labute approximate surface area is 146 Å². The second-order valence-electron chi connectivity index (χ2n) is 7.36. The number of anilines is 1. The highest BCUT2D eigenvalue weighted by molar-refractivity contribution is 6.08. The molecule has 25 heavy (non-hydrogen) atoms. The molecular weight excluding hydrogens is 320 g/mol. The molecule has 0 aromatic heterocycles. The maximum atomic E-state index is 14.3. The van der Waals surface area contributed by atoms with E-state index in [1.807, 2.05) is 0 Å². The number of hydrogen-bond donors (Lipinski definition) is 0. The van der Waals surface area contributed by atoms with Crippen LogP contribution in [-0.4, -0.2) is 11.4 Å². The van der Waals surface area contributed by atoms with E-state index in [0.29, 0.717) is 0 Å². The highest BCUT2D eigenvalue weighted by Crippen LogP contribution is 2.51. The van der Waals surface area contributed by atoms with Crippen LogP contribution in [-0.2, 0) is 0 Å². The molecule has 0 radical (unpaired) electrons. The van der Waals surface area contributed by atoms with Gasteiger partial charge < -0.3 is 4.90 Å². The van der Waals surface area contributed by atoms with Gasteiger partial charge in [-0.25, -0.2) is 8.78 Å². The molecule has 1 aliphatic heterocycles. The molecular formula is C21H21F2NO. The van der Waals surface area contributed by atoms with Gasteiger partial charge >= 0.3 is 0 Å². The molecule has 1 saturated carbocycles. The molecule has 1 aliphatic carbocycles. The lowest BCUT2D eigenvalue weighted by molar-refractivity contribution is 0.0939. The topological polar surface area (TPSA) is 20.3 Å². The number of nitrogens with zero attached hydrogens (tertiary/aromatic N) is 1. The summed E-state index contributed by atoms with van der Waals surface area (Å²) in [6.45, 7) is 2.09. The van der Waals surface area contributed by atoms with Crippen LogP contribution in [0.2, 0.25) is 0 Å². The van der Waals surface area contributed by atoms with Crippen molar-refractivity contribution in [3.05, 3.63) is 65.2 Å². The zero-order chi connectivity index (χ0) is 17.6. The molecule has 1 atom stereocenters. The van der Waals surface area contributed by atoms with Crippen molar-refractivity contribution in [1.82, 2.24) is 0 Å². The number of carbonyl (C=O) groups excluding carboxylic acids is 1. The van der Waals surface area contributed by atoms with Gasteiger partial charge in [-0.2, -0.15) is 0 Å². The van der Waals surface area contributed by atoms with Crippen LogP contribution in [0.5, 0.6) is 0 Å². The predicted molar refractivity (Wildman–Crippen MR) is 93.8 cm³/mol. The molecule has 1 amide bonds. The molecule has 2 aliphatic rings. The third-order valence-corrected chi connectivity index (χ3v) is 5.76. The number of amides is 1. The summed E-state index contributed by atoms with van der Waals surface area (Å²) in [7, 11) is 0. The number of rotatable bonds is 1. The SMILES string of the molecule is CC1CC2(CCCC2)N(C(=O)c2ccccc2F)c2ccc(F)cc21. The summed E-state index contributed by atoms with van der Waals surface area (Å²) in [6, 6.07) is 10.7. The standard InChI is InChI=1S/C21H21F2NO/c1-14-13-21(10-4-5-11-21)24(19-9-8-15(22)12-17(14)19)20(25)16-6-2-3-7-18(16)23/h2-3,6-9,12,14H,4-5,10-11,13H2,1H3. The summed E-state index contributed by atoms with van der Waals surface area (Å²) in [6.07, 6.45) is 4.74. The maximum Gasteiger partial charge on any atom is 0.261 e. The van der Waals surface area contributed by atoms with Crippen molar-refractivity contribution < 1.29 is 13.6 Å². The van der Waals surface area contributed by atoms with E-state index in [9.17, 15) is 13.6 Å². The van der Waals surface area contributed by atoms with Gasteiger partial charge in [0, 0.05) is 11.2 Å². The molecule has 2 nitrogen and oxygen atoms in total. The minimum absolute atomic E-state index is 0.0820. The van der Waals surface area contributed by atoms with Crippen LogP contribution in [0.3, 0.4) is 0 Å². The van der Waals surface area contributed by atoms with Crippen LogP contribution in [0.25, 0.3) is 0 Å². The van der Waals surface area contributed by atoms with Gasteiger partial charge in [-0.1, -0.05) is 31.9 Å². The molecule has 0 saturated heterocycles. The van der Waals surface area contributed by atoms with Crippen LogP contribution in [0, 0.1) is 11.6 Å². The fraction of sp³-hybridized carbons (Fsp3) is 0.381. The molecule has 2 aromatic carbocycles. The van der Waals surface area contributed by atoms with E-state index in [4.69, 9.17) is 0 Å². The van der Waals surface area contributed by atoms with Crippen LogP contribution >= 0.6 is 0 Å². The number of benzene rings is 2. The molecule has 1 spiro atoms. The fourth-order valence-electron chi connectivity index (χ4n) is 4.69. The first kappa shape index (κ1) is 16.2. The summed E-state index contributed by atoms with van der Waals surface area (Å²) in [5.41, 5.74) is 1.36. The minimum atomic E-state index is -0.511. The molecule has 0 N–H and O–H groups in total. The first-order valence-corrected chi connectivity index (χ1v) is 8.90. The van der Waals surface area contributed by atoms with Gasteiger partial charge in [0.1, 0.15) is 11.6 Å². The van der Waals surface area contributed by atoms with Gasteiger partial charge in [-0.15, -0.1) is 0 Å². The van der Waals surface area contributed by atoms with E-state index in [-0.39, 0.29) is 28.7 Å². The fourth-order valence-corrected chi connectivity index (χ4v) is 4.69. The Morgan fingerprint density at radius 1 is 1.12 bits per heavy atom. The molecule has 2 aromatic rings. The van der Waals surface area contributed by atoms with E-state index in [0.717, 1.165) is 43.4 Å². The van der Waals surface area contributed by atoms with E-state index in [1.165, 1.54) is 24.3 Å². The Morgan fingerprint density at radius 2 is 1.84 bits per heavy atom. The van der Waals surface area contributed by atoms with Gasteiger partial charge in [0.15, 0.2) is 0 Å². The van der Waals surface area contributed by atoms with E-state index in [2.05, 4.69) is 6.92 Å². The van der Waals surface area contributed by atoms with Crippen molar-refractivity contribution in [2.45, 2.75) is 50.5 Å². The predicted octanol–water partition coefficient (Wildman–Crippen LogP) is 5.43. The van der Waals surface area contributed by atoms with Crippen molar-refractivity contribution in [3.8, 4) is 0 Å². The Hall–Kier alpha value is -2.23.